The van der Waals surface area contributed by atoms with E-state index in [0.717, 1.165) is 36.8 Å². The Morgan fingerprint density at radius 1 is 1.00 bits per heavy atom. The number of carbonyl (C=O) groups is 1. The maximum Gasteiger partial charge on any atom is 0.412 e. The van der Waals surface area contributed by atoms with Crippen LogP contribution in [0.5, 0.6) is 5.75 Å². The number of rotatable bonds is 3. The van der Waals surface area contributed by atoms with Gasteiger partial charge in [0.2, 0.25) is 0 Å². The van der Waals surface area contributed by atoms with Gasteiger partial charge in [0.1, 0.15) is 11.6 Å². The van der Waals surface area contributed by atoms with Crippen LogP contribution in [0.4, 0.5) is 9.18 Å². The molecule has 0 unspecified atom stereocenters. The smallest absolute Gasteiger partial charge is 0.410 e. The van der Waals surface area contributed by atoms with Crippen molar-refractivity contribution in [2.45, 2.75) is 38.1 Å². The number of halogens is 1. The van der Waals surface area contributed by atoms with Crippen LogP contribution in [0, 0.1) is 5.82 Å². The summed E-state index contributed by atoms with van der Waals surface area (Å²) in [5, 5.41) is 2.92. The lowest BCUT2D eigenvalue weighted by atomic mass is 9.96. The summed E-state index contributed by atoms with van der Waals surface area (Å²) in [5.41, 5.74) is 1.76. The number of nitrogens with one attached hydrogen (secondary N) is 1. The molecule has 23 heavy (non-hydrogen) atoms. The molecule has 120 valence electrons. The fourth-order valence-electron chi connectivity index (χ4n) is 2.93. The first-order valence-electron chi connectivity index (χ1n) is 8.05. The lowest BCUT2D eigenvalue weighted by molar-refractivity contribution is 0.192. The molecule has 0 saturated heterocycles. The molecule has 1 aliphatic rings. The van der Waals surface area contributed by atoms with Crippen molar-refractivity contribution in [1.82, 2.24) is 5.32 Å². The minimum Gasteiger partial charge on any atom is -0.410 e. The third-order valence-corrected chi connectivity index (χ3v) is 4.15. The fraction of sp³-hybridized carbons (Fsp3) is 0.316. The van der Waals surface area contributed by atoms with Crippen LogP contribution in [-0.2, 0) is 0 Å². The molecule has 0 bridgehead atoms. The maximum atomic E-state index is 13.0. The molecule has 2 aromatic rings. The molecule has 0 spiro atoms. The van der Waals surface area contributed by atoms with Crippen LogP contribution in [0.25, 0.3) is 11.1 Å². The Kier molecular flexibility index (Phi) is 4.91. The molecule has 0 aromatic heterocycles. The summed E-state index contributed by atoms with van der Waals surface area (Å²) < 4.78 is 18.4. The van der Waals surface area contributed by atoms with Crippen molar-refractivity contribution in [3.05, 3.63) is 54.3 Å². The first-order valence-corrected chi connectivity index (χ1v) is 8.05. The second-order valence-electron chi connectivity index (χ2n) is 5.90. The van der Waals surface area contributed by atoms with Gasteiger partial charge in [-0.05, 0) is 48.2 Å². The van der Waals surface area contributed by atoms with Gasteiger partial charge in [-0.2, -0.15) is 0 Å². The molecule has 0 radical (unpaired) electrons. The molecule has 1 aliphatic carbocycles. The van der Waals surface area contributed by atoms with E-state index in [4.69, 9.17) is 4.74 Å². The van der Waals surface area contributed by atoms with Gasteiger partial charge in [0.25, 0.3) is 0 Å². The highest BCUT2D eigenvalue weighted by molar-refractivity contribution is 5.72. The molecule has 1 saturated carbocycles. The average Bonchev–Trinajstić information content (AvgIpc) is 2.56. The molecule has 4 heteroatoms. The van der Waals surface area contributed by atoms with E-state index in [1.54, 1.807) is 24.3 Å². The van der Waals surface area contributed by atoms with Gasteiger partial charge in [-0.15, -0.1) is 0 Å². The van der Waals surface area contributed by atoms with Crippen molar-refractivity contribution in [2.75, 3.05) is 0 Å². The molecule has 0 atom stereocenters. The molecule has 1 fully saturated rings. The zero-order valence-corrected chi connectivity index (χ0v) is 12.9. The van der Waals surface area contributed by atoms with Gasteiger partial charge in [0.05, 0.1) is 0 Å². The van der Waals surface area contributed by atoms with Crippen molar-refractivity contribution in [3.8, 4) is 16.9 Å². The van der Waals surface area contributed by atoms with Crippen LogP contribution in [0.3, 0.4) is 0 Å². The third-order valence-electron chi connectivity index (χ3n) is 4.15. The van der Waals surface area contributed by atoms with Gasteiger partial charge >= 0.3 is 6.09 Å². The summed E-state index contributed by atoms with van der Waals surface area (Å²) >= 11 is 0. The van der Waals surface area contributed by atoms with Crippen molar-refractivity contribution < 1.29 is 13.9 Å². The van der Waals surface area contributed by atoms with Crippen LogP contribution in [0.15, 0.2) is 48.5 Å². The normalized spacial score (nSPS) is 15.2. The number of ether oxygens (including phenoxy) is 1. The number of carbonyl (C=O) groups excluding carboxylic acids is 1. The van der Waals surface area contributed by atoms with E-state index in [1.165, 1.54) is 18.6 Å². The fourth-order valence-corrected chi connectivity index (χ4v) is 2.93. The van der Waals surface area contributed by atoms with Crippen molar-refractivity contribution in [2.24, 2.45) is 0 Å². The number of amides is 1. The number of benzene rings is 2. The van der Waals surface area contributed by atoms with Crippen LogP contribution in [-0.4, -0.2) is 12.1 Å². The summed E-state index contributed by atoms with van der Waals surface area (Å²) in [7, 11) is 0. The largest absolute Gasteiger partial charge is 0.412 e. The molecule has 1 amide bonds. The summed E-state index contributed by atoms with van der Waals surface area (Å²) in [4.78, 5) is 12.0. The van der Waals surface area contributed by atoms with Gasteiger partial charge in [-0.25, -0.2) is 9.18 Å². The SMILES string of the molecule is O=C(NC1CCCCC1)Oc1cccc(-c2ccc(F)cc2)c1. The third kappa shape index (κ3) is 4.31. The quantitative estimate of drug-likeness (QED) is 0.874. The average molecular weight is 313 g/mol. The first kappa shape index (κ1) is 15.5. The van der Waals surface area contributed by atoms with Crippen LogP contribution < -0.4 is 10.1 Å². The van der Waals surface area contributed by atoms with Crippen molar-refractivity contribution >= 4 is 6.09 Å². The second-order valence-corrected chi connectivity index (χ2v) is 5.90. The molecule has 3 rings (SSSR count). The van der Waals surface area contributed by atoms with Crippen LogP contribution >= 0.6 is 0 Å². The van der Waals surface area contributed by atoms with E-state index >= 15 is 0 Å². The highest BCUT2D eigenvalue weighted by Gasteiger charge is 2.16. The summed E-state index contributed by atoms with van der Waals surface area (Å²) in [6, 6.07) is 13.7. The summed E-state index contributed by atoms with van der Waals surface area (Å²) in [6.45, 7) is 0. The van der Waals surface area contributed by atoms with E-state index in [-0.39, 0.29) is 11.9 Å². The summed E-state index contributed by atoms with van der Waals surface area (Å²) in [5.74, 6) is 0.216. The Hall–Kier alpha value is -2.36. The Morgan fingerprint density at radius 2 is 1.74 bits per heavy atom. The Morgan fingerprint density at radius 3 is 2.48 bits per heavy atom. The van der Waals surface area contributed by atoms with E-state index in [0.29, 0.717) is 5.75 Å². The predicted octanol–water partition coefficient (Wildman–Crippen LogP) is 4.91. The lowest BCUT2D eigenvalue weighted by Gasteiger charge is -2.22. The van der Waals surface area contributed by atoms with Crippen molar-refractivity contribution in [3.63, 3.8) is 0 Å². The van der Waals surface area contributed by atoms with Gasteiger partial charge in [-0.1, -0.05) is 43.5 Å². The van der Waals surface area contributed by atoms with Gasteiger partial charge in [0.15, 0.2) is 0 Å². The molecule has 0 heterocycles. The molecule has 3 nitrogen and oxygen atoms in total. The van der Waals surface area contributed by atoms with E-state index in [9.17, 15) is 9.18 Å². The van der Waals surface area contributed by atoms with Crippen LogP contribution in [0.1, 0.15) is 32.1 Å². The number of hydrogen-bond acceptors (Lipinski definition) is 2. The monoisotopic (exact) mass is 313 g/mol. The molecule has 0 aliphatic heterocycles. The first-order chi connectivity index (χ1) is 11.2. The standard InChI is InChI=1S/C19H20FNO2/c20-16-11-9-14(10-12-16)15-5-4-8-18(13-15)23-19(22)21-17-6-2-1-3-7-17/h4-5,8-13,17H,1-3,6-7H2,(H,21,22). The minimum atomic E-state index is -0.409. The van der Waals surface area contributed by atoms with E-state index < -0.39 is 6.09 Å². The Bertz CT molecular complexity index is 663. The Balaban J connectivity index is 1.65. The Labute approximate surface area is 135 Å². The second kappa shape index (κ2) is 7.27. The zero-order chi connectivity index (χ0) is 16.1. The highest BCUT2D eigenvalue weighted by atomic mass is 19.1. The van der Waals surface area contributed by atoms with Crippen molar-refractivity contribution in [1.29, 1.82) is 0 Å². The molecular weight excluding hydrogens is 293 g/mol. The predicted molar refractivity (Wildman–Crippen MR) is 87.9 cm³/mol. The highest BCUT2D eigenvalue weighted by Crippen LogP contribution is 2.24. The van der Waals surface area contributed by atoms with E-state index in [2.05, 4.69) is 5.32 Å². The summed E-state index contributed by atoms with van der Waals surface area (Å²) in [6.07, 6.45) is 5.19. The minimum absolute atomic E-state index is 0.219. The molecule has 2 aromatic carbocycles. The topological polar surface area (TPSA) is 38.3 Å². The zero-order valence-electron chi connectivity index (χ0n) is 12.9. The van der Waals surface area contributed by atoms with E-state index in [1.807, 2.05) is 12.1 Å². The van der Waals surface area contributed by atoms with Crippen LogP contribution in [0.2, 0.25) is 0 Å². The lowest BCUT2D eigenvalue weighted by Crippen LogP contribution is -2.37. The molecular formula is C19H20FNO2. The van der Waals surface area contributed by atoms with Gasteiger partial charge in [0, 0.05) is 6.04 Å². The van der Waals surface area contributed by atoms with Gasteiger partial charge < -0.3 is 10.1 Å². The molecule has 1 N–H and O–H groups in total. The van der Waals surface area contributed by atoms with Gasteiger partial charge in [-0.3, -0.25) is 0 Å². The number of hydrogen-bond donors (Lipinski definition) is 1. The maximum absolute atomic E-state index is 13.0.